The lowest BCUT2D eigenvalue weighted by molar-refractivity contribution is -0.143. The molecule has 0 aromatic rings. The minimum atomic E-state index is -0.608. The van der Waals surface area contributed by atoms with E-state index in [1.807, 2.05) is 0 Å². The van der Waals surface area contributed by atoms with Gasteiger partial charge >= 0.3 is 11.9 Å². The number of carbonyl (C=O) groups excluding carboxylic acids is 3. The number of rotatable bonds is 6. The summed E-state index contributed by atoms with van der Waals surface area (Å²) in [6, 6.07) is 0. The molecule has 0 saturated carbocycles. The summed E-state index contributed by atoms with van der Waals surface area (Å²) in [5.74, 6) is -1.45. The monoisotopic (exact) mass is 217 g/mol. The number of amides is 1. The second-order valence-corrected chi connectivity index (χ2v) is 2.66. The first-order valence-corrected chi connectivity index (χ1v) is 4.59. The zero-order chi connectivity index (χ0) is 11.7. The Balaban J connectivity index is 3.55. The number of hydrogen-bond donors (Lipinski definition) is 1. The van der Waals surface area contributed by atoms with E-state index in [4.69, 9.17) is 0 Å². The molecule has 0 heterocycles. The highest BCUT2D eigenvalue weighted by Crippen LogP contribution is 1.87. The molecule has 6 nitrogen and oxygen atoms in total. The molecule has 0 radical (unpaired) electrons. The molecule has 86 valence electrons. The van der Waals surface area contributed by atoms with Crippen molar-refractivity contribution in [2.45, 2.75) is 19.8 Å². The van der Waals surface area contributed by atoms with Crippen LogP contribution in [0.4, 0.5) is 0 Å². The van der Waals surface area contributed by atoms with Crippen LogP contribution >= 0.6 is 0 Å². The summed E-state index contributed by atoms with van der Waals surface area (Å²) in [6.07, 6.45) is -0.236. The Kier molecular flexibility index (Phi) is 6.96. The van der Waals surface area contributed by atoms with Gasteiger partial charge in [-0.15, -0.1) is 0 Å². The Hall–Kier alpha value is -1.59. The Morgan fingerprint density at radius 1 is 1.20 bits per heavy atom. The second-order valence-electron chi connectivity index (χ2n) is 2.66. The summed E-state index contributed by atoms with van der Waals surface area (Å²) in [7, 11) is 1.20. The van der Waals surface area contributed by atoms with Crippen molar-refractivity contribution in [3.05, 3.63) is 0 Å². The van der Waals surface area contributed by atoms with Crippen molar-refractivity contribution < 1.29 is 23.9 Å². The van der Waals surface area contributed by atoms with Gasteiger partial charge in [0.05, 0.1) is 20.1 Å². The fourth-order valence-electron chi connectivity index (χ4n) is 0.803. The Morgan fingerprint density at radius 2 is 1.87 bits per heavy atom. The highest BCUT2D eigenvalue weighted by molar-refractivity contribution is 5.94. The van der Waals surface area contributed by atoms with Crippen molar-refractivity contribution in [3.63, 3.8) is 0 Å². The summed E-state index contributed by atoms with van der Waals surface area (Å²) >= 11 is 0. The van der Waals surface area contributed by atoms with Crippen molar-refractivity contribution in [1.29, 1.82) is 0 Å². The number of methoxy groups -OCH3 is 1. The number of hydrogen-bond acceptors (Lipinski definition) is 5. The van der Waals surface area contributed by atoms with Crippen molar-refractivity contribution in [2.75, 3.05) is 20.3 Å². The molecule has 0 aliphatic carbocycles. The third-order valence-electron chi connectivity index (χ3n) is 1.49. The number of carbonyl (C=O) groups is 3. The molecule has 0 fully saturated rings. The van der Waals surface area contributed by atoms with Crippen molar-refractivity contribution in [1.82, 2.24) is 5.32 Å². The van der Waals surface area contributed by atoms with Crippen LogP contribution in [-0.2, 0) is 23.9 Å². The summed E-state index contributed by atoms with van der Waals surface area (Å²) < 4.78 is 8.94. The first kappa shape index (κ1) is 13.4. The van der Waals surface area contributed by atoms with E-state index in [1.165, 1.54) is 7.11 Å². The van der Waals surface area contributed by atoms with E-state index >= 15 is 0 Å². The molecular formula is C9H15NO5. The molecule has 0 unspecified atom stereocenters. The summed E-state index contributed by atoms with van der Waals surface area (Å²) in [6.45, 7) is 2.18. The second kappa shape index (κ2) is 7.78. The van der Waals surface area contributed by atoms with E-state index in [-0.39, 0.29) is 25.4 Å². The molecule has 0 spiro atoms. The maximum Gasteiger partial charge on any atom is 0.315 e. The first-order valence-electron chi connectivity index (χ1n) is 4.59. The lowest BCUT2D eigenvalue weighted by atomic mass is 10.3. The normalized spacial score (nSPS) is 9.20. The molecule has 0 aliphatic rings. The van der Waals surface area contributed by atoms with Gasteiger partial charge in [-0.05, 0) is 6.92 Å². The number of esters is 2. The average Bonchev–Trinajstić information content (AvgIpc) is 2.18. The van der Waals surface area contributed by atoms with Gasteiger partial charge in [0.1, 0.15) is 6.42 Å². The van der Waals surface area contributed by atoms with Gasteiger partial charge in [0.15, 0.2) is 0 Å². The van der Waals surface area contributed by atoms with Gasteiger partial charge in [-0.2, -0.15) is 0 Å². The molecule has 0 bridgehead atoms. The van der Waals surface area contributed by atoms with Crippen LogP contribution in [0.3, 0.4) is 0 Å². The standard InChI is InChI=1S/C9H15NO5/c1-3-15-8(12)4-5-10-7(11)6-9(13)14-2/h3-6H2,1-2H3,(H,10,11). The maximum absolute atomic E-state index is 11.0. The van der Waals surface area contributed by atoms with Crippen LogP contribution in [0.1, 0.15) is 19.8 Å². The lowest BCUT2D eigenvalue weighted by Crippen LogP contribution is -2.28. The molecule has 0 aromatic carbocycles. The Morgan fingerprint density at radius 3 is 2.40 bits per heavy atom. The molecule has 1 amide bonds. The van der Waals surface area contributed by atoms with Gasteiger partial charge in [-0.1, -0.05) is 0 Å². The minimum Gasteiger partial charge on any atom is -0.469 e. The molecule has 0 aliphatic heterocycles. The summed E-state index contributed by atoms with van der Waals surface area (Å²) in [5.41, 5.74) is 0. The molecule has 0 atom stereocenters. The van der Waals surface area contributed by atoms with Gasteiger partial charge in [-0.25, -0.2) is 0 Å². The smallest absolute Gasteiger partial charge is 0.315 e. The average molecular weight is 217 g/mol. The molecule has 6 heteroatoms. The van der Waals surface area contributed by atoms with Crippen LogP contribution in [0.15, 0.2) is 0 Å². The maximum atomic E-state index is 11.0. The first-order chi connectivity index (χ1) is 7.10. The van der Waals surface area contributed by atoms with Gasteiger partial charge in [0.2, 0.25) is 5.91 Å². The topological polar surface area (TPSA) is 81.7 Å². The molecule has 0 saturated heterocycles. The molecular weight excluding hydrogens is 202 g/mol. The zero-order valence-electron chi connectivity index (χ0n) is 8.87. The fourth-order valence-corrected chi connectivity index (χ4v) is 0.803. The number of ether oxygens (including phenoxy) is 2. The highest BCUT2D eigenvalue weighted by atomic mass is 16.5. The molecule has 0 rings (SSSR count). The van der Waals surface area contributed by atoms with Crippen LogP contribution in [0.2, 0.25) is 0 Å². The van der Waals surface area contributed by atoms with Crippen molar-refractivity contribution in [3.8, 4) is 0 Å². The highest BCUT2D eigenvalue weighted by Gasteiger charge is 2.09. The van der Waals surface area contributed by atoms with Crippen LogP contribution in [0, 0.1) is 0 Å². The van der Waals surface area contributed by atoms with Crippen LogP contribution < -0.4 is 5.32 Å². The van der Waals surface area contributed by atoms with Crippen LogP contribution in [-0.4, -0.2) is 38.1 Å². The summed E-state index contributed by atoms with van der Waals surface area (Å²) in [5, 5.41) is 2.40. The third-order valence-corrected chi connectivity index (χ3v) is 1.49. The van der Waals surface area contributed by atoms with E-state index < -0.39 is 11.9 Å². The minimum absolute atomic E-state index is 0.0980. The van der Waals surface area contributed by atoms with Crippen molar-refractivity contribution >= 4 is 17.8 Å². The van der Waals surface area contributed by atoms with Gasteiger partial charge in [0, 0.05) is 6.54 Å². The summed E-state index contributed by atoms with van der Waals surface area (Å²) in [4.78, 5) is 32.5. The van der Waals surface area contributed by atoms with Gasteiger partial charge < -0.3 is 14.8 Å². The van der Waals surface area contributed by atoms with Crippen LogP contribution in [0.25, 0.3) is 0 Å². The Labute approximate surface area is 87.9 Å². The largest absolute Gasteiger partial charge is 0.469 e. The quantitative estimate of drug-likeness (QED) is 0.484. The molecule has 1 N–H and O–H groups in total. The van der Waals surface area contributed by atoms with E-state index in [2.05, 4.69) is 14.8 Å². The van der Waals surface area contributed by atoms with Gasteiger partial charge in [0.25, 0.3) is 0 Å². The van der Waals surface area contributed by atoms with Gasteiger partial charge in [-0.3, -0.25) is 14.4 Å². The molecule has 0 aromatic heterocycles. The van der Waals surface area contributed by atoms with E-state index in [1.54, 1.807) is 6.92 Å². The lowest BCUT2D eigenvalue weighted by Gasteiger charge is -2.04. The van der Waals surface area contributed by atoms with E-state index in [9.17, 15) is 14.4 Å². The Bertz CT molecular complexity index is 239. The molecule has 15 heavy (non-hydrogen) atoms. The zero-order valence-corrected chi connectivity index (χ0v) is 8.87. The van der Waals surface area contributed by atoms with Crippen LogP contribution in [0.5, 0.6) is 0 Å². The van der Waals surface area contributed by atoms with E-state index in [0.717, 1.165) is 0 Å². The van der Waals surface area contributed by atoms with E-state index in [0.29, 0.717) is 6.61 Å². The predicted octanol–water partition coefficient (Wildman–Crippen LogP) is -0.381. The van der Waals surface area contributed by atoms with Crippen molar-refractivity contribution in [2.24, 2.45) is 0 Å². The fraction of sp³-hybridized carbons (Fsp3) is 0.667. The number of nitrogens with one attached hydrogen (secondary N) is 1. The SMILES string of the molecule is CCOC(=O)CCNC(=O)CC(=O)OC. The predicted molar refractivity (Wildman–Crippen MR) is 50.9 cm³/mol. The third kappa shape index (κ3) is 7.48.